The number of ether oxygens (including phenoxy) is 1. The Morgan fingerprint density at radius 3 is 2.54 bits per heavy atom. The first-order valence-corrected chi connectivity index (χ1v) is 8.41. The summed E-state index contributed by atoms with van der Waals surface area (Å²) in [5.41, 5.74) is 1.92. The molecule has 0 saturated carbocycles. The van der Waals surface area contributed by atoms with Crippen molar-refractivity contribution in [1.82, 2.24) is 4.98 Å². The Morgan fingerprint density at radius 2 is 1.96 bits per heavy atom. The molecule has 2 aromatic heterocycles. The third-order valence-corrected chi connectivity index (χ3v) is 4.66. The Labute approximate surface area is 144 Å². The molecule has 3 rings (SSSR count). The summed E-state index contributed by atoms with van der Waals surface area (Å²) in [7, 11) is 0. The van der Waals surface area contributed by atoms with Gasteiger partial charge in [0.05, 0.1) is 17.2 Å². The number of hydrogen-bond donors (Lipinski definition) is 1. The zero-order valence-electron chi connectivity index (χ0n) is 13.4. The lowest BCUT2D eigenvalue weighted by molar-refractivity contribution is 0.340. The molecule has 0 bridgehead atoms. The molecule has 5 heteroatoms. The van der Waals surface area contributed by atoms with Crippen LogP contribution in [0.4, 0.5) is 0 Å². The Balaban J connectivity index is 2.13. The summed E-state index contributed by atoms with van der Waals surface area (Å²) in [6.07, 6.45) is 0. The summed E-state index contributed by atoms with van der Waals surface area (Å²) < 4.78 is 5.44. The Morgan fingerprint density at radius 1 is 1.21 bits per heavy atom. The molecule has 120 valence electrons. The smallest absolute Gasteiger partial charge is 0.266 e. The van der Waals surface area contributed by atoms with Crippen molar-refractivity contribution in [3.8, 4) is 33.5 Å². The number of nitriles is 1. The molecule has 4 nitrogen and oxygen atoms in total. The van der Waals surface area contributed by atoms with Crippen LogP contribution in [0.2, 0.25) is 0 Å². The summed E-state index contributed by atoms with van der Waals surface area (Å²) in [4.78, 5) is 17.3. The summed E-state index contributed by atoms with van der Waals surface area (Å²) in [6.45, 7) is 4.53. The number of aromatic nitrogens is 1. The number of nitrogens with one attached hydrogen (secondary N) is 1. The number of nitrogens with zero attached hydrogens (tertiary/aromatic N) is 1. The summed E-state index contributed by atoms with van der Waals surface area (Å²) in [5.74, 6) is 0.763. The molecule has 0 atom stereocenters. The quantitative estimate of drug-likeness (QED) is 0.770. The van der Waals surface area contributed by atoms with E-state index in [1.54, 1.807) is 11.3 Å². The van der Waals surface area contributed by atoms with E-state index < -0.39 is 0 Å². The molecule has 24 heavy (non-hydrogen) atoms. The standard InChI is InChI=1S/C19H16N2O2S/c1-3-23-14-7-5-13(6-8-14)15-10-17(18-9-4-12(2)24-18)21-19(22)16(15)11-20/h4-10H,3H2,1-2H3,(H,21,22). The van der Waals surface area contributed by atoms with Gasteiger partial charge in [0.2, 0.25) is 0 Å². The van der Waals surface area contributed by atoms with Crippen LogP contribution < -0.4 is 10.3 Å². The molecule has 0 aliphatic rings. The number of hydrogen-bond acceptors (Lipinski definition) is 4. The molecule has 0 saturated heterocycles. The van der Waals surface area contributed by atoms with Crippen molar-refractivity contribution >= 4 is 11.3 Å². The van der Waals surface area contributed by atoms with E-state index in [4.69, 9.17) is 4.74 Å². The van der Waals surface area contributed by atoms with Crippen LogP contribution in [0.25, 0.3) is 21.7 Å². The zero-order chi connectivity index (χ0) is 17.1. The Kier molecular flexibility index (Phi) is 4.50. The van der Waals surface area contributed by atoms with Crippen molar-refractivity contribution in [3.05, 3.63) is 63.3 Å². The van der Waals surface area contributed by atoms with Crippen molar-refractivity contribution in [2.45, 2.75) is 13.8 Å². The van der Waals surface area contributed by atoms with E-state index in [1.807, 2.05) is 62.4 Å². The second-order valence-corrected chi connectivity index (χ2v) is 6.57. The van der Waals surface area contributed by atoms with Gasteiger partial charge < -0.3 is 9.72 Å². The minimum atomic E-state index is -0.370. The lowest BCUT2D eigenvalue weighted by Gasteiger charge is -2.08. The predicted molar refractivity (Wildman–Crippen MR) is 96.4 cm³/mol. The fourth-order valence-electron chi connectivity index (χ4n) is 2.51. The third-order valence-electron chi connectivity index (χ3n) is 3.63. The molecule has 1 aromatic carbocycles. The molecule has 0 fully saturated rings. The largest absolute Gasteiger partial charge is 0.494 e. The maximum atomic E-state index is 12.3. The minimum absolute atomic E-state index is 0.121. The van der Waals surface area contributed by atoms with Crippen LogP contribution in [0, 0.1) is 18.3 Å². The topological polar surface area (TPSA) is 65.9 Å². The fourth-order valence-corrected chi connectivity index (χ4v) is 3.35. The van der Waals surface area contributed by atoms with Gasteiger partial charge in [-0.1, -0.05) is 12.1 Å². The SMILES string of the molecule is CCOc1ccc(-c2cc(-c3ccc(C)s3)[nH]c(=O)c2C#N)cc1. The monoisotopic (exact) mass is 336 g/mol. The van der Waals surface area contributed by atoms with Crippen LogP contribution in [0.5, 0.6) is 5.75 Å². The molecular formula is C19H16N2O2S. The molecule has 2 heterocycles. The maximum absolute atomic E-state index is 12.3. The van der Waals surface area contributed by atoms with Crippen LogP contribution >= 0.6 is 11.3 Å². The van der Waals surface area contributed by atoms with Crippen LogP contribution in [0.1, 0.15) is 17.4 Å². The lowest BCUT2D eigenvalue weighted by atomic mass is 10.0. The van der Waals surface area contributed by atoms with Gasteiger partial charge in [0.25, 0.3) is 5.56 Å². The second kappa shape index (κ2) is 6.73. The van der Waals surface area contributed by atoms with Crippen LogP contribution in [0.15, 0.2) is 47.3 Å². The second-order valence-electron chi connectivity index (χ2n) is 5.28. The van der Waals surface area contributed by atoms with Gasteiger partial charge in [-0.2, -0.15) is 5.26 Å². The molecule has 0 unspecified atom stereocenters. The third kappa shape index (κ3) is 3.10. The van der Waals surface area contributed by atoms with Crippen LogP contribution in [-0.4, -0.2) is 11.6 Å². The molecule has 3 aromatic rings. The summed E-state index contributed by atoms with van der Waals surface area (Å²) in [5, 5.41) is 9.37. The zero-order valence-corrected chi connectivity index (χ0v) is 14.2. The number of aromatic amines is 1. The van der Waals surface area contributed by atoms with Crippen molar-refractivity contribution in [2.75, 3.05) is 6.61 Å². The highest BCUT2D eigenvalue weighted by Gasteiger charge is 2.13. The lowest BCUT2D eigenvalue weighted by Crippen LogP contribution is -2.12. The molecule has 0 amide bonds. The molecule has 0 aliphatic heterocycles. The Hall–Kier alpha value is -2.84. The fraction of sp³-hybridized carbons (Fsp3) is 0.158. The van der Waals surface area contributed by atoms with Gasteiger partial charge in [-0.3, -0.25) is 4.79 Å². The van der Waals surface area contributed by atoms with Crippen molar-refractivity contribution in [3.63, 3.8) is 0 Å². The van der Waals surface area contributed by atoms with Gasteiger partial charge in [-0.05, 0) is 49.7 Å². The van der Waals surface area contributed by atoms with Gasteiger partial charge in [0, 0.05) is 10.4 Å². The maximum Gasteiger partial charge on any atom is 0.266 e. The number of pyridine rings is 1. The first-order chi connectivity index (χ1) is 11.6. The average Bonchev–Trinajstić information content (AvgIpc) is 3.02. The highest BCUT2D eigenvalue weighted by Crippen LogP contribution is 2.30. The van der Waals surface area contributed by atoms with E-state index in [1.165, 1.54) is 0 Å². The molecule has 0 spiro atoms. The highest BCUT2D eigenvalue weighted by atomic mass is 32.1. The van der Waals surface area contributed by atoms with Gasteiger partial charge in [-0.25, -0.2) is 0 Å². The Bertz CT molecular complexity index is 962. The summed E-state index contributed by atoms with van der Waals surface area (Å²) >= 11 is 1.60. The van der Waals surface area contributed by atoms with E-state index in [2.05, 4.69) is 4.98 Å². The van der Waals surface area contributed by atoms with E-state index in [-0.39, 0.29) is 11.1 Å². The highest BCUT2D eigenvalue weighted by molar-refractivity contribution is 7.15. The van der Waals surface area contributed by atoms with Crippen molar-refractivity contribution < 1.29 is 4.74 Å². The molecule has 0 aliphatic carbocycles. The number of rotatable bonds is 4. The van der Waals surface area contributed by atoms with E-state index in [0.29, 0.717) is 12.2 Å². The predicted octanol–water partition coefficient (Wildman–Crippen LogP) is 4.35. The van der Waals surface area contributed by atoms with E-state index in [9.17, 15) is 10.1 Å². The van der Waals surface area contributed by atoms with Gasteiger partial charge in [-0.15, -0.1) is 11.3 Å². The van der Waals surface area contributed by atoms with Crippen molar-refractivity contribution in [1.29, 1.82) is 5.26 Å². The van der Waals surface area contributed by atoms with Gasteiger partial charge in [0.15, 0.2) is 0 Å². The number of thiophene rings is 1. The molecular weight excluding hydrogens is 320 g/mol. The number of aryl methyl sites for hydroxylation is 1. The van der Waals surface area contributed by atoms with E-state index in [0.717, 1.165) is 26.8 Å². The molecule has 1 N–H and O–H groups in total. The minimum Gasteiger partial charge on any atom is -0.494 e. The van der Waals surface area contributed by atoms with Crippen LogP contribution in [-0.2, 0) is 0 Å². The summed E-state index contributed by atoms with van der Waals surface area (Å²) in [6, 6.07) is 15.3. The average molecular weight is 336 g/mol. The molecule has 0 radical (unpaired) electrons. The first kappa shape index (κ1) is 16.0. The van der Waals surface area contributed by atoms with Gasteiger partial charge >= 0.3 is 0 Å². The normalized spacial score (nSPS) is 10.4. The number of benzene rings is 1. The first-order valence-electron chi connectivity index (χ1n) is 7.60. The van der Waals surface area contributed by atoms with E-state index >= 15 is 0 Å². The van der Waals surface area contributed by atoms with Crippen LogP contribution in [0.3, 0.4) is 0 Å². The number of H-pyrrole nitrogens is 1. The van der Waals surface area contributed by atoms with Gasteiger partial charge in [0.1, 0.15) is 17.4 Å². The van der Waals surface area contributed by atoms with Crippen molar-refractivity contribution in [2.24, 2.45) is 0 Å².